The molecule has 0 amide bonds. The molecule has 0 fully saturated rings. The molecule has 0 aliphatic carbocycles. The highest BCUT2D eigenvalue weighted by molar-refractivity contribution is 7.61. The van der Waals surface area contributed by atoms with Crippen LogP contribution >= 0.6 is 8.15 Å². The van der Waals surface area contributed by atoms with E-state index in [1.165, 1.54) is 0 Å². The van der Waals surface area contributed by atoms with E-state index < -0.39 is 38.6 Å². The van der Waals surface area contributed by atoms with Gasteiger partial charge in [-0.3, -0.25) is 9.59 Å². The van der Waals surface area contributed by atoms with Crippen LogP contribution in [0.2, 0.25) is 0 Å². The zero-order valence-corrected chi connectivity index (χ0v) is 21.8. The fourth-order valence-electron chi connectivity index (χ4n) is 3.74. The Labute approximate surface area is 208 Å². The largest absolute Gasteiger partial charge is 0.469 e. The van der Waals surface area contributed by atoms with E-state index in [0.29, 0.717) is 19.4 Å². The number of benzene rings is 2. The summed E-state index contributed by atoms with van der Waals surface area (Å²) in [6.07, 6.45) is 0.415. The van der Waals surface area contributed by atoms with Crippen LogP contribution in [0.15, 0.2) is 48.5 Å². The average Bonchev–Trinajstić information content (AvgIpc) is 2.85. The van der Waals surface area contributed by atoms with Crippen molar-refractivity contribution >= 4 is 25.4 Å². The maximum Gasteiger partial charge on any atom is 0.312 e. The molecule has 2 aromatic rings. The summed E-state index contributed by atoms with van der Waals surface area (Å²) < 4.78 is 28.3. The lowest BCUT2D eigenvalue weighted by molar-refractivity contribution is -0.185. The number of hydrogen-bond acceptors (Lipinski definition) is 7. The van der Waals surface area contributed by atoms with Crippen molar-refractivity contribution < 1.29 is 33.1 Å². The standard InChI is InChI=1S/C27H35O7P/c1-5-15-30-19(3)32-26(28)17-21(27(29)33-20(4)31-16-6-2)18-35-25-14-10-8-12-23(25)22-11-7-9-13-24(22)34-35/h7-14,19-21H,5-6,15-18H2,1-4H3. The summed E-state index contributed by atoms with van der Waals surface area (Å²) in [5.41, 5.74) is 2.10. The van der Waals surface area contributed by atoms with Crippen molar-refractivity contribution in [3.05, 3.63) is 48.5 Å². The molecule has 4 atom stereocenters. The monoisotopic (exact) mass is 502 g/mol. The third kappa shape index (κ3) is 7.76. The molecule has 0 spiro atoms. The molecule has 4 unspecified atom stereocenters. The van der Waals surface area contributed by atoms with E-state index >= 15 is 0 Å². The SMILES string of the molecule is CCCOC(C)OC(=O)CC(CP1Oc2ccccc2-c2ccccc21)C(=O)OC(C)OCCC. The summed E-state index contributed by atoms with van der Waals surface area (Å²) in [5, 5.41) is 1.03. The number of rotatable bonds is 13. The Kier molecular flexibility index (Phi) is 10.5. The second-order valence-corrected chi connectivity index (χ2v) is 10.2. The third-order valence-corrected chi connectivity index (χ3v) is 7.50. The number of ether oxygens (including phenoxy) is 4. The van der Waals surface area contributed by atoms with Crippen molar-refractivity contribution in [3.63, 3.8) is 0 Å². The zero-order chi connectivity index (χ0) is 25.2. The molecule has 8 heteroatoms. The minimum absolute atomic E-state index is 0.134. The van der Waals surface area contributed by atoms with Crippen LogP contribution in [-0.4, -0.2) is 43.9 Å². The van der Waals surface area contributed by atoms with Gasteiger partial charge in [0.25, 0.3) is 0 Å². The maximum atomic E-state index is 13.2. The van der Waals surface area contributed by atoms with Crippen molar-refractivity contribution in [2.24, 2.45) is 5.92 Å². The van der Waals surface area contributed by atoms with Crippen LogP contribution in [-0.2, 0) is 28.5 Å². The molecule has 0 bridgehead atoms. The second-order valence-electron chi connectivity index (χ2n) is 8.37. The molecular weight excluding hydrogens is 467 g/mol. The molecule has 1 heterocycles. The third-order valence-electron chi connectivity index (χ3n) is 5.38. The highest BCUT2D eigenvalue weighted by atomic mass is 31.1. The van der Waals surface area contributed by atoms with Gasteiger partial charge in [0.05, 0.1) is 25.6 Å². The van der Waals surface area contributed by atoms with Gasteiger partial charge < -0.3 is 23.5 Å². The number of esters is 2. The molecule has 7 nitrogen and oxygen atoms in total. The van der Waals surface area contributed by atoms with Crippen molar-refractivity contribution in [2.45, 2.75) is 59.5 Å². The van der Waals surface area contributed by atoms with Crippen molar-refractivity contribution in [3.8, 4) is 16.9 Å². The van der Waals surface area contributed by atoms with Crippen LogP contribution in [0.25, 0.3) is 11.1 Å². The van der Waals surface area contributed by atoms with Crippen LogP contribution in [0, 0.1) is 5.92 Å². The predicted octanol–water partition coefficient (Wildman–Crippen LogP) is 5.41. The molecule has 0 saturated heterocycles. The van der Waals surface area contributed by atoms with Gasteiger partial charge in [0.15, 0.2) is 12.6 Å². The number of carbonyl (C=O) groups is 2. The molecule has 0 aromatic heterocycles. The Hall–Kier alpha value is -2.47. The number of carbonyl (C=O) groups excluding carboxylic acids is 2. The van der Waals surface area contributed by atoms with Gasteiger partial charge in [-0.2, -0.15) is 0 Å². The average molecular weight is 503 g/mol. The van der Waals surface area contributed by atoms with Crippen molar-refractivity contribution in [2.75, 3.05) is 19.4 Å². The van der Waals surface area contributed by atoms with Gasteiger partial charge in [-0.05, 0) is 38.3 Å². The highest BCUT2D eigenvalue weighted by Crippen LogP contribution is 2.49. The van der Waals surface area contributed by atoms with Crippen LogP contribution in [0.5, 0.6) is 5.75 Å². The lowest BCUT2D eigenvalue weighted by Crippen LogP contribution is -2.31. The Morgan fingerprint density at radius 1 is 0.857 bits per heavy atom. The fraction of sp³-hybridized carbons (Fsp3) is 0.481. The quantitative estimate of drug-likeness (QED) is 0.206. The first-order valence-corrected chi connectivity index (χ1v) is 13.6. The molecule has 3 rings (SSSR count). The number of para-hydroxylation sites is 1. The minimum atomic E-state index is -1.22. The lowest BCUT2D eigenvalue weighted by Gasteiger charge is -2.30. The summed E-state index contributed by atoms with van der Waals surface area (Å²) in [6.45, 7) is 8.27. The van der Waals surface area contributed by atoms with Gasteiger partial charge in [-0.1, -0.05) is 56.3 Å². The van der Waals surface area contributed by atoms with Crippen molar-refractivity contribution in [1.29, 1.82) is 0 Å². The number of fused-ring (bicyclic) bond motifs is 3. The van der Waals surface area contributed by atoms with Gasteiger partial charge in [-0.15, -0.1) is 0 Å². The molecule has 1 aliphatic rings. The molecular formula is C27H35O7P. The molecule has 0 saturated carbocycles. The maximum absolute atomic E-state index is 13.2. The molecule has 35 heavy (non-hydrogen) atoms. The van der Waals surface area contributed by atoms with Gasteiger partial charge in [0.2, 0.25) is 0 Å². The van der Waals surface area contributed by atoms with E-state index in [9.17, 15) is 9.59 Å². The van der Waals surface area contributed by atoms with Crippen LogP contribution in [0.3, 0.4) is 0 Å². The van der Waals surface area contributed by atoms with E-state index in [2.05, 4.69) is 6.07 Å². The van der Waals surface area contributed by atoms with Crippen LogP contribution < -0.4 is 9.83 Å². The summed E-state index contributed by atoms with van der Waals surface area (Å²) in [6, 6.07) is 15.9. The van der Waals surface area contributed by atoms with Gasteiger partial charge >= 0.3 is 11.9 Å². The first kappa shape index (κ1) is 27.1. The normalized spacial score (nSPS) is 16.7. The van der Waals surface area contributed by atoms with E-state index in [0.717, 1.165) is 35.0 Å². The molecule has 190 valence electrons. The topological polar surface area (TPSA) is 80.3 Å². The molecule has 0 N–H and O–H groups in total. The first-order valence-electron chi connectivity index (χ1n) is 12.2. The lowest BCUT2D eigenvalue weighted by atomic mass is 10.0. The smallest absolute Gasteiger partial charge is 0.312 e. The fourth-order valence-corrected chi connectivity index (χ4v) is 5.90. The summed E-state index contributed by atoms with van der Waals surface area (Å²) in [4.78, 5) is 25.9. The molecule has 1 aliphatic heterocycles. The van der Waals surface area contributed by atoms with Gasteiger partial charge in [-0.25, -0.2) is 0 Å². The van der Waals surface area contributed by atoms with Crippen molar-refractivity contribution in [1.82, 2.24) is 0 Å². The Balaban J connectivity index is 1.78. The Bertz CT molecular complexity index is 980. The van der Waals surface area contributed by atoms with Crippen LogP contribution in [0.1, 0.15) is 47.0 Å². The Morgan fingerprint density at radius 3 is 2.14 bits per heavy atom. The Morgan fingerprint density at radius 2 is 1.46 bits per heavy atom. The predicted molar refractivity (Wildman–Crippen MR) is 136 cm³/mol. The minimum Gasteiger partial charge on any atom is -0.469 e. The van der Waals surface area contributed by atoms with E-state index in [-0.39, 0.29) is 6.42 Å². The first-order chi connectivity index (χ1) is 16.9. The highest BCUT2D eigenvalue weighted by Gasteiger charge is 2.34. The summed E-state index contributed by atoms with van der Waals surface area (Å²) >= 11 is 0. The van der Waals surface area contributed by atoms with Gasteiger partial charge in [0, 0.05) is 17.0 Å². The summed E-state index contributed by atoms with van der Waals surface area (Å²) in [7, 11) is -1.22. The van der Waals surface area contributed by atoms with E-state index in [4.69, 9.17) is 23.5 Å². The van der Waals surface area contributed by atoms with E-state index in [1.807, 2.05) is 56.3 Å². The van der Waals surface area contributed by atoms with Crippen LogP contribution in [0.4, 0.5) is 0 Å². The molecule has 2 aromatic carbocycles. The number of hydrogen-bond donors (Lipinski definition) is 0. The second kappa shape index (κ2) is 13.6. The summed E-state index contributed by atoms with van der Waals surface area (Å²) in [5.74, 6) is -1.00. The molecule has 0 radical (unpaired) electrons. The van der Waals surface area contributed by atoms with E-state index in [1.54, 1.807) is 13.8 Å². The van der Waals surface area contributed by atoms with Gasteiger partial charge in [0.1, 0.15) is 13.9 Å². The zero-order valence-electron chi connectivity index (χ0n) is 20.9.